The molecule has 2 atom stereocenters. The molecule has 8 heteroatoms. The van der Waals surface area contributed by atoms with Gasteiger partial charge in [-0.2, -0.15) is 0 Å². The maximum Gasteiger partial charge on any atom is 0.156 e. The van der Waals surface area contributed by atoms with Gasteiger partial charge in [0.05, 0.1) is 17.4 Å². The summed E-state index contributed by atoms with van der Waals surface area (Å²) in [5.41, 5.74) is 2.81. The van der Waals surface area contributed by atoms with Gasteiger partial charge in [0.25, 0.3) is 0 Å². The summed E-state index contributed by atoms with van der Waals surface area (Å²) in [5, 5.41) is 1.84. The second kappa shape index (κ2) is 8.23. The fraction of sp³-hybridized carbons (Fsp3) is 0.591. The quantitative estimate of drug-likeness (QED) is 0.620. The number of hydrogen-bond acceptors (Lipinski definition) is 6. The number of nitrogens with zero attached hydrogens (tertiary/aromatic N) is 4. The van der Waals surface area contributed by atoms with E-state index in [9.17, 15) is 8.42 Å². The lowest BCUT2D eigenvalue weighted by Crippen LogP contribution is -2.47. The molecular weight excluding hydrogens is 398 g/mol. The molecule has 160 valence electrons. The number of nitrogens with one attached hydrogen (secondary N) is 1. The van der Waals surface area contributed by atoms with Crippen molar-refractivity contribution in [1.29, 1.82) is 0 Å². The molecule has 3 aromatic rings. The number of thiol groups is 1. The van der Waals surface area contributed by atoms with Crippen molar-refractivity contribution in [2.45, 2.75) is 56.7 Å². The summed E-state index contributed by atoms with van der Waals surface area (Å²) in [6.45, 7) is 4.05. The van der Waals surface area contributed by atoms with E-state index in [1.54, 1.807) is 12.5 Å². The molecule has 1 saturated heterocycles. The van der Waals surface area contributed by atoms with Crippen LogP contribution in [0.5, 0.6) is 0 Å². The third-order valence-corrected chi connectivity index (χ3v) is 8.26. The molecule has 1 aliphatic heterocycles. The van der Waals surface area contributed by atoms with Crippen molar-refractivity contribution in [2.75, 3.05) is 13.1 Å². The van der Waals surface area contributed by atoms with Crippen molar-refractivity contribution in [2.24, 2.45) is 11.8 Å². The Labute approximate surface area is 178 Å². The monoisotopic (exact) mass is 427 g/mol. The summed E-state index contributed by atoms with van der Waals surface area (Å²) in [5.74, 6) is 1.13. The highest BCUT2D eigenvalue weighted by atomic mass is 32.2. The Bertz CT molecular complexity index is 1110. The smallest absolute Gasteiger partial charge is 0.156 e. The molecule has 0 bridgehead atoms. The van der Waals surface area contributed by atoms with Gasteiger partial charge in [-0.25, -0.2) is 23.4 Å². The molecule has 0 aromatic carbocycles. The standard InChI is InChI=1S/C22H29N5O2S/c1-14-3-2-10-27(12-14)22(30(28)29)16-6-4-15(5-7-16)20-19-17-8-9-23-21(17)24-11-18(19)25-13-26-20/h8-9,11,13-16,22,30H,2-7,10,12H2,1H3,(H,23,24). The molecular formula is C22H29N5O2S. The van der Waals surface area contributed by atoms with Gasteiger partial charge in [0, 0.05) is 29.4 Å². The molecule has 0 amide bonds. The lowest BCUT2D eigenvalue weighted by Gasteiger charge is -2.40. The summed E-state index contributed by atoms with van der Waals surface area (Å²) < 4.78 is 24.4. The molecule has 0 spiro atoms. The summed E-state index contributed by atoms with van der Waals surface area (Å²) in [7, 11) is -2.45. The van der Waals surface area contributed by atoms with E-state index in [4.69, 9.17) is 0 Å². The zero-order chi connectivity index (χ0) is 20.7. The molecule has 1 saturated carbocycles. The molecule has 2 unspecified atom stereocenters. The van der Waals surface area contributed by atoms with Crippen LogP contribution in [0.1, 0.15) is 57.1 Å². The Morgan fingerprint density at radius 2 is 1.97 bits per heavy atom. The maximum absolute atomic E-state index is 12.2. The van der Waals surface area contributed by atoms with Crippen LogP contribution in [0.3, 0.4) is 0 Å². The van der Waals surface area contributed by atoms with Crippen molar-refractivity contribution >= 4 is 32.6 Å². The molecule has 5 rings (SSSR count). The third-order valence-electron chi connectivity index (χ3n) is 7.08. The number of likely N-dealkylation sites (tertiary alicyclic amines) is 1. The number of pyridine rings is 1. The van der Waals surface area contributed by atoms with Gasteiger partial charge in [-0.05, 0) is 63.0 Å². The number of aromatic nitrogens is 4. The van der Waals surface area contributed by atoms with Crippen LogP contribution in [0.2, 0.25) is 0 Å². The molecule has 0 radical (unpaired) electrons. The number of rotatable bonds is 4. The van der Waals surface area contributed by atoms with Crippen molar-refractivity contribution in [1.82, 2.24) is 24.8 Å². The van der Waals surface area contributed by atoms with Crippen LogP contribution in [0.4, 0.5) is 0 Å². The average molecular weight is 428 g/mol. The first kappa shape index (κ1) is 19.9. The van der Waals surface area contributed by atoms with Gasteiger partial charge in [0.1, 0.15) is 17.3 Å². The molecule has 4 heterocycles. The third kappa shape index (κ3) is 3.60. The van der Waals surface area contributed by atoms with Crippen LogP contribution in [-0.4, -0.2) is 51.7 Å². The van der Waals surface area contributed by atoms with Gasteiger partial charge in [-0.1, -0.05) is 6.92 Å². The van der Waals surface area contributed by atoms with Gasteiger partial charge in [-0.3, -0.25) is 4.90 Å². The van der Waals surface area contributed by atoms with Crippen LogP contribution in [-0.2, 0) is 10.7 Å². The first-order chi connectivity index (χ1) is 14.6. The highest BCUT2D eigenvalue weighted by Crippen LogP contribution is 2.41. The summed E-state index contributed by atoms with van der Waals surface area (Å²) in [4.78, 5) is 19.0. The Kier molecular flexibility index (Phi) is 5.45. The number of hydrogen-bond donors (Lipinski definition) is 2. The van der Waals surface area contributed by atoms with Crippen LogP contribution >= 0.6 is 0 Å². The lowest BCUT2D eigenvalue weighted by molar-refractivity contribution is 0.118. The van der Waals surface area contributed by atoms with E-state index in [-0.39, 0.29) is 11.3 Å². The average Bonchev–Trinajstić information content (AvgIpc) is 3.23. The zero-order valence-corrected chi connectivity index (χ0v) is 18.2. The Morgan fingerprint density at radius 3 is 2.73 bits per heavy atom. The minimum atomic E-state index is -2.45. The zero-order valence-electron chi connectivity index (χ0n) is 17.3. The van der Waals surface area contributed by atoms with Crippen LogP contribution in [0.25, 0.3) is 21.9 Å². The van der Waals surface area contributed by atoms with E-state index >= 15 is 0 Å². The number of fused-ring (bicyclic) bond motifs is 3. The number of piperidine rings is 1. The predicted octanol–water partition coefficient (Wildman–Crippen LogP) is 3.45. The first-order valence-corrected chi connectivity index (χ1v) is 12.3. The number of H-pyrrole nitrogens is 1. The molecule has 3 aromatic heterocycles. The first-order valence-electron chi connectivity index (χ1n) is 11.1. The topological polar surface area (TPSA) is 91.8 Å². The maximum atomic E-state index is 12.2. The minimum Gasteiger partial charge on any atom is -0.346 e. The molecule has 1 aliphatic carbocycles. The normalized spacial score (nSPS) is 27.1. The SMILES string of the molecule is CC1CCCN(C(C2CCC(c3ncnc4cnc5[nH]ccc5c34)CC2)[SH](=O)=O)C1. The predicted molar refractivity (Wildman–Crippen MR) is 118 cm³/mol. The summed E-state index contributed by atoms with van der Waals surface area (Å²) in [6, 6.07) is 2.04. The molecule has 2 aliphatic rings. The Hall–Kier alpha value is -2.06. The summed E-state index contributed by atoms with van der Waals surface area (Å²) >= 11 is 0. The van der Waals surface area contributed by atoms with Crippen molar-refractivity contribution in [3.8, 4) is 0 Å². The van der Waals surface area contributed by atoms with Gasteiger partial charge < -0.3 is 4.98 Å². The van der Waals surface area contributed by atoms with Crippen LogP contribution in [0.15, 0.2) is 24.8 Å². The molecule has 2 fully saturated rings. The van der Waals surface area contributed by atoms with Crippen molar-refractivity contribution in [3.63, 3.8) is 0 Å². The second-order valence-corrected chi connectivity index (χ2v) is 10.2. The fourth-order valence-electron chi connectivity index (χ4n) is 5.65. The lowest BCUT2D eigenvalue weighted by atomic mass is 9.79. The van der Waals surface area contributed by atoms with E-state index in [0.29, 0.717) is 11.8 Å². The van der Waals surface area contributed by atoms with E-state index in [1.165, 1.54) is 6.42 Å². The molecule has 1 N–H and O–H groups in total. The van der Waals surface area contributed by atoms with E-state index in [0.717, 1.165) is 72.8 Å². The molecule has 30 heavy (non-hydrogen) atoms. The highest BCUT2D eigenvalue weighted by molar-refractivity contribution is 7.73. The van der Waals surface area contributed by atoms with E-state index < -0.39 is 10.7 Å². The van der Waals surface area contributed by atoms with E-state index in [2.05, 4.69) is 31.8 Å². The number of aromatic amines is 1. The minimum absolute atomic E-state index is 0.217. The van der Waals surface area contributed by atoms with Crippen molar-refractivity contribution < 1.29 is 8.42 Å². The van der Waals surface area contributed by atoms with Gasteiger partial charge >= 0.3 is 0 Å². The fourth-order valence-corrected chi connectivity index (χ4v) is 6.77. The van der Waals surface area contributed by atoms with Crippen molar-refractivity contribution in [3.05, 3.63) is 30.5 Å². The second-order valence-electron chi connectivity index (χ2n) is 9.07. The van der Waals surface area contributed by atoms with Crippen LogP contribution < -0.4 is 0 Å². The van der Waals surface area contributed by atoms with Gasteiger partial charge in [-0.15, -0.1) is 0 Å². The van der Waals surface area contributed by atoms with Gasteiger partial charge in [0.15, 0.2) is 10.7 Å². The molecule has 7 nitrogen and oxygen atoms in total. The van der Waals surface area contributed by atoms with Gasteiger partial charge in [0.2, 0.25) is 0 Å². The summed E-state index contributed by atoms with van der Waals surface area (Å²) in [6.07, 6.45) is 11.4. The Morgan fingerprint density at radius 1 is 1.13 bits per heavy atom. The van der Waals surface area contributed by atoms with E-state index in [1.807, 2.05) is 12.3 Å². The largest absolute Gasteiger partial charge is 0.346 e. The van der Waals surface area contributed by atoms with Crippen LogP contribution in [0, 0.1) is 11.8 Å². The highest BCUT2D eigenvalue weighted by Gasteiger charge is 2.36. The Balaban J connectivity index is 1.39.